The first kappa shape index (κ1) is 30.0. The lowest BCUT2D eigenvalue weighted by molar-refractivity contribution is -0.307. The average molecular weight is 595 g/mol. The summed E-state index contributed by atoms with van der Waals surface area (Å²) in [7, 11) is 1.24. The van der Waals surface area contributed by atoms with Crippen molar-refractivity contribution in [1.82, 2.24) is 0 Å². The van der Waals surface area contributed by atoms with E-state index in [-0.39, 0.29) is 34.8 Å². The monoisotopic (exact) mass is 594 g/mol. The van der Waals surface area contributed by atoms with Crippen molar-refractivity contribution in [2.24, 2.45) is 0 Å². The molecule has 2 aromatic carbocycles. The zero-order valence-electron chi connectivity index (χ0n) is 22.0. The summed E-state index contributed by atoms with van der Waals surface area (Å²) in [5.74, 6) is -1.14. The van der Waals surface area contributed by atoms with Crippen LogP contribution < -0.4 is 14.9 Å². The van der Waals surface area contributed by atoms with Crippen LogP contribution in [0.2, 0.25) is 0 Å². The second-order valence-corrected chi connectivity index (χ2v) is 9.87. The summed E-state index contributed by atoms with van der Waals surface area (Å²) < 4.78 is 32.9. The Bertz CT molecular complexity index is 1460. The van der Waals surface area contributed by atoms with E-state index >= 15 is 0 Å². The van der Waals surface area contributed by atoms with Crippen LogP contribution in [0.5, 0.6) is 23.0 Å². The highest BCUT2D eigenvalue weighted by Crippen LogP contribution is 2.44. The van der Waals surface area contributed by atoms with Gasteiger partial charge in [0.15, 0.2) is 23.2 Å². The van der Waals surface area contributed by atoms with Crippen molar-refractivity contribution >= 4 is 11.0 Å². The number of benzene rings is 2. The predicted molar refractivity (Wildman–Crippen MR) is 139 cm³/mol. The third kappa shape index (κ3) is 5.61. The summed E-state index contributed by atoms with van der Waals surface area (Å²) in [6.45, 7) is -0.866. The highest BCUT2D eigenvalue weighted by molar-refractivity contribution is 5.89. The van der Waals surface area contributed by atoms with Crippen LogP contribution in [0.15, 0.2) is 45.6 Å². The van der Waals surface area contributed by atoms with E-state index in [9.17, 15) is 45.6 Å². The van der Waals surface area contributed by atoms with Gasteiger partial charge in [-0.05, 0) is 24.3 Å². The van der Waals surface area contributed by atoms with Gasteiger partial charge in [-0.2, -0.15) is 0 Å². The summed E-state index contributed by atoms with van der Waals surface area (Å²) >= 11 is 0. The first-order valence-corrected chi connectivity index (χ1v) is 12.8. The van der Waals surface area contributed by atoms with Gasteiger partial charge in [0.25, 0.3) is 0 Å². The van der Waals surface area contributed by atoms with Crippen LogP contribution in [0.1, 0.15) is 0 Å². The van der Waals surface area contributed by atoms with Crippen molar-refractivity contribution in [3.05, 3.63) is 46.6 Å². The molecule has 0 spiro atoms. The molecule has 228 valence electrons. The predicted octanol–water partition coefficient (Wildman–Crippen LogP) is -1.48. The van der Waals surface area contributed by atoms with E-state index in [1.54, 1.807) is 0 Å². The maximum atomic E-state index is 13.0. The van der Waals surface area contributed by atoms with Crippen LogP contribution in [0, 0.1) is 0 Å². The SMILES string of the molecule is COc1cc2oc(-c3ccc(O)cc3)cc(=O)c2c(O)c1O[C@@H]1O[C@@H](CO[C@H]2OC[C@H](O)[C@H](O)[C@H]2O)[C@H](O)[C@@H](O)[C@@H]1O. The minimum Gasteiger partial charge on any atom is -0.508 e. The maximum Gasteiger partial charge on any atom is 0.229 e. The lowest BCUT2D eigenvalue weighted by Crippen LogP contribution is -2.61. The summed E-state index contributed by atoms with van der Waals surface area (Å²) in [5, 5.41) is 81.2. The topological polar surface area (TPSA) is 238 Å². The largest absolute Gasteiger partial charge is 0.508 e. The molecule has 3 heterocycles. The fourth-order valence-corrected chi connectivity index (χ4v) is 4.68. The number of ether oxygens (including phenoxy) is 5. The number of aromatic hydroxyl groups is 2. The number of aliphatic hydroxyl groups is 6. The fraction of sp³-hybridized carbons (Fsp3) is 0.444. The van der Waals surface area contributed by atoms with E-state index < -0.39 is 78.8 Å². The van der Waals surface area contributed by atoms with Gasteiger partial charge in [0.2, 0.25) is 12.0 Å². The molecule has 42 heavy (non-hydrogen) atoms. The molecule has 2 fully saturated rings. The van der Waals surface area contributed by atoms with Crippen molar-refractivity contribution in [3.8, 4) is 34.3 Å². The van der Waals surface area contributed by atoms with E-state index in [0.29, 0.717) is 5.56 Å². The molecule has 8 N–H and O–H groups in total. The van der Waals surface area contributed by atoms with Gasteiger partial charge in [-0.3, -0.25) is 4.79 Å². The Morgan fingerprint density at radius 1 is 0.881 bits per heavy atom. The van der Waals surface area contributed by atoms with E-state index in [1.807, 2.05) is 0 Å². The molecule has 15 heteroatoms. The van der Waals surface area contributed by atoms with Crippen LogP contribution >= 0.6 is 0 Å². The number of aliphatic hydroxyl groups excluding tert-OH is 6. The lowest BCUT2D eigenvalue weighted by Gasteiger charge is -2.41. The van der Waals surface area contributed by atoms with Gasteiger partial charge in [0, 0.05) is 17.7 Å². The number of phenolic OH excluding ortho intramolecular Hbond substituents is 2. The summed E-state index contributed by atoms with van der Waals surface area (Å²) in [5.41, 5.74) is -0.256. The van der Waals surface area contributed by atoms with Crippen LogP contribution in [0.4, 0.5) is 0 Å². The molecule has 3 aromatic rings. The number of rotatable bonds is 7. The Hall–Kier alpha value is -3.51. The zero-order valence-corrected chi connectivity index (χ0v) is 22.0. The minimum atomic E-state index is -1.85. The molecular weight excluding hydrogens is 564 g/mol. The molecule has 0 saturated carbocycles. The second-order valence-electron chi connectivity index (χ2n) is 9.87. The lowest BCUT2D eigenvalue weighted by atomic mass is 9.99. The van der Waals surface area contributed by atoms with Gasteiger partial charge in [-0.1, -0.05) is 0 Å². The van der Waals surface area contributed by atoms with E-state index in [4.69, 9.17) is 28.1 Å². The fourth-order valence-electron chi connectivity index (χ4n) is 4.68. The van der Waals surface area contributed by atoms with Crippen LogP contribution in [0.25, 0.3) is 22.3 Å². The normalized spacial score (nSPS) is 31.6. The van der Waals surface area contributed by atoms with Crippen molar-refractivity contribution in [3.63, 3.8) is 0 Å². The van der Waals surface area contributed by atoms with Crippen molar-refractivity contribution < 1.29 is 69.0 Å². The number of methoxy groups -OCH3 is 1. The molecule has 5 rings (SSSR count). The first-order chi connectivity index (χ1) is 20.0. The summed E-state index contributed by atoms with van der Waals surface area (Å²) in [6, 6.07) is 8.27. The van der Waals surface area contributed by atoms with Crippen molar-refractivity contribution in [1.29, 1.82) is 0 Å². The molecule has 0 unspecified atom stereocenters. The Morgan fingerprint density at radius 3 is 2.26 bits per heavy atom. The molecule has 2 aliphatic heterocycles. The maximum absolute atomic E-state index is 13.0. The van der Waals surface area contributed by atoms with E-state index in [1.165, 1.54) is 37.4 Å². The Morgan fingerprint density at radius 2 is 1.57 bits per heavy atom. The molecular formula is C27H30O15. The number of hydrogen-bond acceptors (Lipinski definition) is 15. The Labute approximate surface area is 236 Å². The average Bonchev–Trinajstić information content (AvgIpc) is 2.97. The summed E-state index contributed by atoms with van der Waals surface area (Å²) in [6.07, 6.45) is -14.4. The summed E-state index contributed by atoms with van der Waals surface area (Å²) in [4.78, 5) is 13.0. The quantitative estimate of drug-likeness (QED) is 0.156. The highest BCUT2D eigenvalue weighted by atomic mass is 16.7. The molecule has 0 bridgehead atoms. The van der Waals surface area contributed by atoms with Gasteiger partial charge < -0.3 is 69.0 Å². The van der Waals surface area contributed by atoms with E-state index in [2.05, 4.69) is 0 Å². The smallest absolute Gasteiger partial charge is 0.229 e. The van der Waals surface area contributed by atoms with Gasteiger partial charge in [0.1, 0.15) is 65.2 Å². The Kier molecular flexibility index (Phi) is 8.56. The highest BCUT2D eigenvalue weighted by Gasteiger charge is 2.47. The third-order valence-corrected chi connectivity index (χ3v) is 7.07. The molecule has 9 atom stereocenters. The standard InChI is InChI=1S/C27H30O15/c1-37-16-7-15-18(12(29)6-14(40-15)10-2-4-11(28)5-3-10)21(33)25(16)42-27-24(36)22(34)20(32)17(41-27)9-39-26-23(35)19(31)13(30)8-38-26/h2-7,13,17,19-20,22-24,26-28,30-36H,8-9H2,1H3/t13-,17-,19-,20-,22+,23+,24-,26+,27-/m0/s1. The zero-order chi connectivity index (χ0) is 30.3. The van der Waals surface area contributed by atoms with Crippen molar-refractivity contribution in [2.45, 2.75) is 55.3 Å². The van der Waals surface area contributed by atoms with Crippen LogP contribution in [-0.4, -0.2) is 116 Å². The van der Waals surface area contributed by atoms with Crippen LogP contribution in [0.3, 0.4) is 0 Å². The third-order valence-electron chi connectivity index (χ3n) is 7.07. The molecule has 15 nitrogen and oxygen atoms in total. The van der Waals surface area contributed by atoms with Crippen LogP contribution in [-0.2, 0) is 14.2 Å². The van der Waals surface area contributed by atoms with E-state index in [0.717, 1.165) is 6.07 Å². The molecule has 0 aliphatic carbocycles. The van der Waals surface area contributed by atoms with Gasteiger partial charge in [-0.15, -0.1) is 0 Å². The number of hydrogen-bond donors (Lipinski definition) is 8. The molecule has 0 radical (unpaired) electrons. The molecule has 1 aromatic heterocycles. The van der Waals surface area contributed by atoms with Gasteiger partial charge in [-0.25, -0.2) is 0 Å². The Balaban J connectivity index is 1.40. The number of fused-ring (bicyclic) bond motifs is 1. The minimum absolute atomic E-state index is 0.0140. The second kappa shape index (κ2) is 12.0. The molecule has 2 aliphatic rings. The van der Waals surface area contributed by atoms with Gasteiger partial charge in [0.05, 0.1) is 20.3 Å². The van der Waals surface area contributed by atoms with Gasteiger partial charge >= 0.3 is 0 Å². The number of phenols is 2. The molecule has 0 amide bonds. The first-order valence-electron chi connectivity index (χ1n) is 12.8. The van der Waals surface area contributed by atoms with Crippen molar-refractivity contribution in [2.75, 3.05) is 20.3 Å². The molecule has 2 saturated heterocycles.